The zero-order chi connectivity index (χ0) is 10.6. The van der Waals surface area contributed by atoms with Crippen molar-refractivity contribution < 1.29 is 10.0 Å². The number of carbonyl (C=O) groups excluding carboxylic acids is 1. The molecule has 0 bridgehead atoms. The van der Waals surface area contributed by atoms with Crippen LogP contribution in [0.3, 0.4) is 0 Å². The zero-order valence-electron chi connectivity index (χ0n) is 8.44. The molecule has 3 N–H and O–H groups in total. The minimum absolute atomic E-state index is 0.151. The van der Waals surface area contributed by atoms with Gasteiger partial charge in [0.15, 0.2) is 0 Å². The van der Waals surface area contributed by atoms with Gasteiger partial charge >= 0.3 is 0 Å². The van der Waals surface area contributed by atoms with Crippen LogP contribution < -0.4 is 5.73 Å². The van der Waals surface area contributed by atoms with Crippen LogP contribution in [0.15, 0.2) is 5.16 Å². The van der Waals surface area contributed by atoms with Gasteiger partial charge in [0.2, 0.25) is 5.91 Å². The molecular formula is C9H17N3O2. The topological polar surface area (TPSA) is 78.9 Å². The van der Waals surface area contributed by atoms with Crippen LogP contribution in [0.5, 0.6) is 0 Å². The summed E-state index contributed by atoms with van der Waals surface area (Å²) in [6, 6.07) is 0. The highest BCUT2D eigenvalue weighted by molar-refractivity contribution is 5.81. The smallest absolute Gasteiger partial charge is 0.222 e. The molecular weight excluding hydrogens is 182 g/mol. The molecule has 14 heavy (non-hydrogen) atoms. The van der Waals surface area contributed by atoms with Crippen molar-refractivity contribution in [3.63, 3.8) is 0 Å². The van der Waals surface area contributed by atoms with Crippen molar-refractivity contribution in [2.75, 3.05) is 13.6 Å². The van der Waals surface area contributed by atoms with Crippen molar-refractivity contribution in [3.8, 4) is 0 Å². The third-order valence-electron chi connectivity index (χ3n) is 2.42. The first-order valence-electron chi connectivity index (χ1n) is 4.84. The van der Waals surface area contributed by atoms with Gasteiger partial charge in [0, 0.05) is 26.4 Å². The molecule has 5 nitrogen and oxygen atoms in total. The number of amidine groups is 1. The Hall–Kier alpha value is -1.26. The molecule has 1 rings (SSSR count). The summed E-state index contributed by atoms with van der Waals surface area (Å²) in [5, 5.41) is 11.2. The molecule has 0 heterocycles. The molecule has 0 atom stereocenters. The van der Waals surface area contributed by atoms with E-state index in [1.54, 1.807) is 11.9 Å². The highest BCUT2D eigenvalue weighted by Crippen LogP contribution is 2.32. The van der Waals surface area contributed by atoms with Gasteiger partial charge in [-0.1, -0.05) is 5.16 Å². The monoisotopic (exact) mass is 199 g/mol. The maximum Gasteiger partial charge on any atom is 0.222 e. The van der Waals surface area contributed by atoms with E-state index in [1.165, 1.54) is 12.8 Å². The fraction of sp³-hybridized carbons (Fsp3) is 0.778. The fourth-order valence-electron chi connectivity index (χ4n) is 1.18. The van der Waals surface area contributed by atoms with Crippen LogP contribution in [0.25, 0.3) is 0 Å². The minimum atomic E-state index is 0.151. The van der Waals surface area contributed by atoms with Crippen molar-refractivity contribution in [1.29, 1.82) is 0 Å². The summed E-state index contributed by atoms with van der Waals surface area (Å²) in [7, 11) is 1.75. The van der Waals surface area contributed by atoms with Gasteiger partial charge in [-0.15, -0.1) is 0 Å². The van der Waals surface area contributed by atoms with E-state index in [9.17, 15) is 4.79 Å². The Labute approximate surface area is 83.6 Å². The lowest BCUT2D eigenvalue weighted by Crippen LogP contribution is -2.30. The lowest BCUT2D eigenvalue weighted by Gasteiger charge is -2.16. The second kappa shape index (κ2) is 4.83. The lowest BCUT2D eigenvalue weighted by atomic mass is 10.2. The highest BCUT2D eigenvalue weighted by Gasteiger charge is 2.25. The Kier molecular flexibility index (Phi) is 3.73. The quantitative estimate of drug-likeness (QED) is 0.291. The van der Waals surface area contributed by atoms with Crippen LogP contribution >= 0.6 is 0 Å². The maximum absolute atomic E-state index is 11.5. The molecule has 1 aliphatic carbocycles. The van der Waals surface area contributed by atoms with Crippen molar-refractivity contribution >= 4 is 11.7 Å². The van der Waals surface area contributed by atoms with Crippen LogP contribution in [0.2, 0.25) is 0 Å². The van der Waals surface area contributed by atoms with E-state index >= 15 is 0 Å². The Balaban J connectivity index is 2.18. The Morgan fingerprint density at radius 1 is 1.64 bits per heavy atom. The maximum atomic E-state index is 11.5. The summed E-state index contributed by atoms with van der Waals surface area (Å²) in [4.78, 5) is 13.1. The minimum Gasteiger partial charge on any atom is -0.409 e. The molecule has 1 amide bonds. The number of amides is 1. The van der Waals surface area contributed by atoms with E-state index in [4.69, 9.17) is 10.9 Å². The third kappa shape index (κ3) is 3.64. The first-order chi connectivity index (χ1) is 6.63. The van der Waals surface area contributed by atoms with E-state index in [2.05, 4.69) is 5.16 Å². The molecule has 0 radical (unpaired) electrons. The molecule has 0 aromatic rings. The average molecular weight is 199 g/mol. The average Bonchev–Trinajstić information content (AvgIpc) is 2.97. The van der Waals surface area contributed by atoms with Gasteiger partial charge in [0.25, 0.3) is 0 Å². The molecule has 0 unspecified atom stereocenters. The molecule has 0 spiro atoms. The third-order valence-corrected chi connectivity index (χ3v) is 2.42. The van der Waals surface area contributed by atoms with E-state index in [0.717, 1.165) is 0 Å². The van der Waals surface area contributed by atoms with Gasteiger partial charge in [-0.3, -0.25) is 4.79 Å². The number of hydrogen-bond donors (Lipinski definition) is 2. The second-order valence-corrected chi connectivity index (χ2v) is 3.80. The van der Waals surface area contributed by atoms with Crippen LogP contribution in [0.1, 0.15) is 25.7 Å². The SMILES string of the molecule is CN(CCC(N)=NO)C(=O)CC1CC1. The molecule has 0 saturated heterocycles. The van der Waals surface area contributed by atoms with Gasteiger partial charge in [-0.25, -0.2) is 0 Å². The zero-order valence-corrected chi connectivity index (χ0v) is 8.44. The normalized spacial score (nSPS) is 16.8. The van der Waals surface area contributed by atoms with Crippen molar-refractivity contribution in [3.05, 3.63) is 0 Å². The lowest BCUT2D eigenvalue weighted by molar-refractivity contribution is -0.130. The predicted molar refractivity (Wildman–Crippen MR) is 53.0 cm³/mol. The fourth-order valence-corrected chi connectivity index (χ4v) is 1.18. The van der Waals surface area contributed by atoms with Gasteiger partial charge in [-0.2, -0.15) is 0 Å². The molecule has 0 aromatic heterocycles. The summed E-state index contributed by atoms with van der Waals surface area (Å²) in [6.45, 7) is 0.515. The number of hydrogen-bond acceptors (Lipinski definition) is 3. The van der Waals surface area contributed by atoms with Crippen LogP contribution in [0, 0.1) is 5.92 Å². The highest BCUT2D eigenvalue weighted by atomic mass is 16.4. The molecule has 1 fully saturated rings. The second-order valence-electron chi connectivity index (χ2n) is 3.80. The van der Waals surface area contributed by atoms with E-state index < -0.39 is 0 Å². The molecule has 0 aliphatic heterocycles. The number of oxime groups is 1. The number of nitrogens with two attached hydrogens (primary N) is 1. The molecule has 5 heteroatoms. The number of nitrogens with zero attached hydrogens (tertiary/aromatic N) is 2. The molecule has 1 saturated carbocycles. The van der Waals surface area contributed by atoms with Gasteiger partial charge in [0.05, 0.1) is 0 Å². The standard InChI is InChI=1S/C9H17N3O2/c1-12(5-4-8(10)11-14)9(13)6-7-2-3-7/h7,14H,2-6H2,1H3,(H2,10,11). The summed E-state index contributed by atoms with van der Waals surface area (Å²) < 4.78 is 0. The van der Waals surface area contributed by atoms with Crippen molar-refractivity contribution in [2.24, 2.45) is 16.8 Å². The first-order valence-corrected chi connectivity index (χ1v) is 4.84. The summed E-state index contributed by atoms with van der Waals surface area (Å²) >= 11 is 0. The van der Waals surface area contributed by atoms with Gasteiger partial charge < -0.3 is 15.8 Å². The Morgan fingerprint density at radius 2 is 2.29 bits per heavy atom. The number of rotatable bonds is 5. The molecule has 1 aliphatic rings. The Bertz CT molecular complexity index is 236. The van der Waals surface area contributed by atoms with Crippen LogP contribution in [0.4, 0.5) is 0 Å². The summed E-state index contributed by atoms with van der Waals surface area (Å²) in [5.41, 5.74) is 5.30. The summed E-state index contributed by atoms with van der Waals surface area (Å²) in [6.07, 6.45) is 3.43. The van der Waals surface area contributed by atoms with E-state index in [1.807, 2.05) is 0 Å². The van der Waals surface area contributed by atoms with E-state index in [-0.39, 0.29) is 11.7 Å². The van der Waals surface area contributed by atoms with Gasteiger partial charge in [-0.05, 0) is 18.8 Å². The van der Waals surface area contributed by atoms with Crippen LogP contribution in [-0.2, 0) is 4.79 Å². The number of carbonyl (C=O) groups is 1. The van der Waals surface area contributed by atoms with E-state index in [0.29, 0.717) is 25.3 Å². The first kappa shape index (κ1) is 10.8. The van der Waals surface area contributed by atoms with Crippen molar-refractivity contribution in [2.45, 2.75) is 25.7 Å². The van der Waals surface area contributed by atoms with Crippen LogP contribution in [-0.4, -0.2) is 35.4 Å². The Morgan fingerprint density at radius 3 is 2.79 bits per heavy atom. The molecule has 0 aromatic carbocycles. The summed E-state index contributed by atoms with van der Waals surface area (Å²) in [5.74, 6) is 0.920. The molecule has 80 valence electrons. The largest absolute Gasteiger partial charge is 0.409 e. The van der Waals surface area contributed by atoms with Crippen molar-refractivity contribution in [1.82, 2.24) is 4.90 Å². The van der Waals surface area contributed by atoms with Gasteiger partial charge in [0.1, 0.15) is 5.84 Å². The predicted octanol–water partition coefficient (Wildman–Crippen LogP) is 0.381.